The lowest BCUT2D eigenvalue weighted by atomic mass is 10.2. The fourth-order valence-electron chi connectivity index (χ4n) is 2.05. The fraction of sp³-hybridized carbons (Fsp3) is 0.125. The lowest BCUT2D eigenvalue weighted by Crippen LogP contribution is -2.08. The SMILES string of the molecule is FC(F)(F)c1ccc(Cl)c(Nc2nncc(NCc3cccnc3)n2)c1. The van der Waals surface area contributed by atoms with Gasteiger partial charge >= 0.3 is 6.18 Å². The molecule has 134 valence electrons. The standard InChI is InChI=1S/C16H12ClF3N6/c17-12-4-3-11(16(18,19)20)6-13(12)24-15-25-14(9-23-26-15)22-8-10-2-1-5-21-7-10/h1-7,9H,8H2,(H2,22,24,25,26). The van der Waals surface area contributed by atoms with Gasteiger partial charge in [-0.3, -0.25) is 4.98 Å². The van der Waals surface area contributed by atoms with Gasteiger partial charge in [-0.2, -0.15) is 23.3 Å². The third kappa shape index (κ3) is 4.57. The Balaban J connectivity index is 1.75. The molecular weight excluding hydrogens is 369 g/mol. The smallest absolute Gasteiger partial charge is 0.364 e. The number of aromatic nitrogens is 4. The topological polar surface area (TPSA) is 75.6 Å². The van der Waals surface area contributed by atoms with Gasteiger partial charge in [0, 0.05) is 18.9 Å². The minimum Gasteiger partial charge on any atom is -0.364 e. The molecule has 0 unspecified atom stereocenters. The molecule has 1 aromatic carbocycles. The normalized spacial score (nSPS) is 11.2. The van der Waals surface area contributed by atoms with E-state index in [2.05, 4.69) is 30.8 Å². The van der Waals surface area contributed by atoms with Crippen molar-refractivity contribution in [1.29, 1.82) is 0 Å². The molecule has 0 spiro atoms. The molecule has 0 amide bonds. The first kappa shape index (κ1) is 17.9. The van der Waals surface area contributed by atoms with Gasteiger partial charge in [0.05, 0.1) is 22.5 Å². The monoisotopic (exact) mass is 380 g/mol. The van der Waals surface area contributed by atoms with Gasteiger partial charge in [-0.25, -0.2) is 0 Å². The lowest BCUT2D eigenvalue weighted by molar-refractivity contribution is -0.137. The van der Waals surface area contributed by atoms with Crippen molar-refractivity contribution >= 4 is 29.1 Å². The highest BCUT2D eigenvalue weighted by atomic mass is 35.5. The summed E-state index contributed by atoms with van der Waals surface area (Å²) < 4.78 is 38.5. The Kier molecular flexibility index (Phi) is 5.17. The Bertz CT molecular complexity index is 889. The Morgan fingerprint density at radius 3 is 2.69 bits per heavy atom. The van der Waals surface area contributed by atoms with Gasteiger partial charge < -0.3 is 10.6 Å². The van der Waals surface area contributed by atoms with Crippen LogP contribution in [0.15, 0.2) is 48.9 Å². The summed E-state index contributed by atoms with van der Waals surface area (Å²) in [6.45, 7) is 0.455. The Morgan fingerprint density at radius 1 is 1.12 bits per heavy atom. The highest BCUT2D eigenvalue weighted by molar-refractivity contribution is 6.33. The molecule has 0 fully saturated rings. The predicted molar refractivity (Wildman–Crippen MR) is 91.1 cm³/mol. The van der Waals surface area contributed by atoms with E-state index in [-0.39, 0.29) is 16.7 Å². The molecule has 0 saturated carbocycles. The van der Waals surface area contributed by atoms with Crippen molar-refractivity contribution in [3.8, 4) is 0 Å². The third-order valence-electron chi connectivity index (χ3n) is 3.30. The number of halogens is 4. The molecule has 2 aromatic heterocycles. The first-order valence-electron chi connectivity index (χ1n) is 7.38. The van der Waals surface area contributed by atoms with Crippen LogP contribution in [-0.4, -0.2) is 20.2 Å². The zero-order chi connectivity index (χ0) is 18.6. The van der Waals surface area contributed by atoms with Gasteiger partial charge in [-0.05, 0) is 29.8 Å². The highest BCUT2D eigenvalue weighted by Crippen LogP contribution is 2.34. The second-order valence-electron chi connectivity index (χ2n) is 5.20. The van der Waals surface area contributed by atoms with Crippen molar-refractivity contribution in [2.24, 2.45) is 0 Å². The van der Waals surface area contributed by atoms with E-state index in [9.17, 15) is 13.2 Å². The van der Waals surface area contributed by atoms with E-state index in [1.54, 1.807) is 18.5 Å². The van der Waals surface area contributed by atoms with Gasteiger partial charge in [-0.15, -0.1) is 5.10 Å². The Morgan fingerprint density at radius 2 is 1.96 bits per heavy atom. The maximum atomic E-state index is 12.8. The van der Waals surface area contributed by atoms with Crippen LogP contribution in [0.4, 0.5) is 30.6 Å². The molecule has 10 heteroatoms. The molecule has 0 radical (unpaired) electrons. The summed E-state index contributed by atoms with van der Waals surface area (Å²) in [4.78, 5) is 8.16. The summed E-state index contributed by atoms with van der Waals surface area (Å²) in [7, 11) is 0. The zero-order valence-electron chi connectivity index (χ0n) is 13.1. The summed E-state index contributed by atoms with van der Waals surface area (Å²) in [5.41, 5.74) is 0.137. The van der Waals surface area contributed by atoms with E-state index in [0.29, 0.717) is 12.4 Å². The Labute approximate surface area is 151 Å². The second-order valence-corrected chi connectivity index (χ2v) is 5.60. The number of hydrogen-bond acceptors (Lipinski definition) is 6. The zero-order valence-corrected chi connectivity index (χ0v) is 13.9. The van der Waals surface area contributed by atoms with Crippen LogP contribution in [0.3, 0.4) is 0 Å². The average molecular weight is 381 g/mol. The molecular formula is C16H12ClF3N6. The molecule has 0 aliphatic heterocycles. The molecule has 26 heavy (non-hydrogen) atoms. The van der Waals surface area contributed by atoms with E-state index in [0.717, 1.165) is 23.8 Å². The Hall–Kier alpha value is -2.94. The number of alkyl halides is 3. The maximum Gasteiger partial charge on any atom is 0.416 e. The molecule has 0 atom stereocenters. The molecule has 2 heterocycles. The minimum absolute atomic E-state index is 0.0161. The molecule has 0 bridgehead atoms. The van der Waals surface area contributed by atoms with Crippen molar-refractivity contribution in [2.75, 3.05) is 10.6 Å². The van der Waals surface area contributed by atoms with Gasteiger partial charge in [0.25, 0.3) is 0 Å². The summed E-state index contributed by atoms with van der Waals surface area (Å²) in [6.07, 6.45) is 0.280. The number of pyridine rings is 1. The quantitative estimate of drug-likeness (QED) is 0.687. The van der Waals surface area contributed by atoms with Crippen LogP contribution in [-0.2, 0) is 12.7 Å². The number of anilines is 3. The molecule has 6 nitrogen and oxygen atoms in total. The summed E-state index contributed by atoms with van der Waals surface area (Å²) in [6, 6.07) is 6.64. The summed E-state index contributed by atoms with van der Waals surface area (Å²) in [5, 5.41) is 13.3. The van der Waals surface area contributed by atoms with E-state index < -0.39 is 11.7 Å². The molecule has 0 aliphatic carbocycles. The maximum absolute atomic E-state index is 12.8. The second kappa shape index (κ2) is 7.52. The molecule has 3 aromatic rings. The van der Waals surface area contributed by atoms with Crippen molar-refractivity contribution < 1.29 is 13.2 Å². The molecule has 0 saturated heterocycles. The number of nitrogens with one attached hydrogen (secondary N) is 2. The lowest BCUT2D eigenvalue weighted by Gasteiger charge is -2.12. The predicted octanol–water partition coefficient (Wildman–Crippen LogP) is 4.29. The van der Waals surface area contributed by atoms with E-state index in [1.165, 1.54) is 6.20 Å². The van der Waals surface area contributed by atoms with Crippen LogP contribution in [0.1, 0.15) is 11.1 Å². The van der Waals surface area contributed by atoms with E-state index in [4.69, 9.17) is 11.6 Å². The third-order valence-corrected chi connectivity index (χ3v) is 3.63. The van der Waals surface area contributed by atoms with E-state index >= 15 is 0 Å². The molecule has 2 N–H and O–H groups in total. The van der Waals surface area contributed by atoms with Crippen LogP contribution in [0.25, 0.3) is 0 Å². The van der Waals surface area contributed by atoms with Gasteiger partial charge in [0.2, 0.25) is 5.95 Å². The van der Waals surface area contributed by atoms with Crippen LogP contribution >= 0.6 is 11.6 Å². The molecule has 3 rings (SSSR count). The highest BCUT2D eigenvalue weighted by Gasteiger charge is 2.31. The average Bonchev–Trinajstić information content (AvgIpc) is 2.62. The van der Waals surface area contributed by atoms with E-state index in [1.807, 2.05) is 6.07 Å². The van der Waals surface area contributed by atoms with Gasteiger partial charge in [-0.1, -0.05) is 17.7 Å². The van der Waals surface area contributed by atoms with Crippen molar-refractivity contribution in [3.05, 3.63) is 65.1 Å². The summed E-state index contributed by atoms with van der Waals surface area (Å²) in [5.74, 6) is 0.414. The molecule has 0 aliphatic rings. The minimum atomic E-state index is -4.48. The van der Waals surface area contributed by atoms with Crippen molar-refractivity contribution in [3.63, 3.8) is 0 Å². The number of hydrogen-bond donors (Lipinski definition) is 2. The van der Waals surface area contributed by atoms with Crippen LogP contribution in [0.2, 0.25) is 5.02 Å². The van der Waals surface area contributed by atoms with Crippen LogP contribution in [0, 0.1) is 0 Å². The van der Waals surface area contributed by atoms with Gasteiger partial charge in [0.15, 0.2) is 5.82 Å². The van der Waals surface area contributed by atoms with Crippen molar-refractivity contribution in [2.45, 2.75) is 12.7 Å². The van der Waals surface area contributed by atoms with Gasteiger partial charge in [0.1, 0.15) is 0 Å². The fourth-order valence-corrected chi connectivity index (χ4v) is 2.22. The summed E-state index contributed by atoms with van der Waals surface area (Å²) >= 11 is 5.95. The number of rotatable bonds is 5. The van der Waals surface area contributed by atoms with Crippen molar-refractivity contribution in [1.82, 2.24) is 20.2 Å². The number of nitrogens with zero attached hydrogens (tertiary/aromatic N) is 4. The van der Waals surface area contributed by atoms with Crippen LogP contribution < -0.4 is 10.6 Å². The van der Waals surface area contributed by atoms with Crippen LogP contribution in [0.5, 0.6) is 0 Å². The number of benzene rings is 1. The largest absolute Gasteiger partial charge is 0.416 e. The first-order chi connectivity index (χ1) is 12.4. The first-order valence-corrected chi connectivity index (χ1v) is 7.76.